The molecule has 1 heterocycles. The lowest BCUT2D eigenvalue weighted by molar-refractivity contribution is -0.358. The molecule has 2 aliphatic carbocycles. The van der Waals surface area contributed by atoms with Crippen LogP contribution < -0.4 is 0 Å². The fraction of sp³-hybridized carbons (Fsp3) is 0.769. The third-order valence-electron chi connectivity index (χ3n) is 4.84. The van der Waals surface area contributed by atoms with E-state index in [4.69, 9.17) is 18.9 Å². The van der Waals surface area contributed by atoms with Crippen LogP contribution in [-0.2, 0) is 23.7 Å². The zero-order valence-electron chi connectivity index (χ0n) is 12.8. The lowest BCUT2D eigenvalue weighted by atomic mass is 9.93. The summed E-state index contributed by atoms with van der Waals surface area (Å²) in [5, 5.41) is 2.07. The topological polar surface area (TPSA) is 94.6 Å². The summed E-state index contributed by atoms with van der Waals surface area (Å²) in [5.74, 6) is -2.54. The Morgan fingerprint density at radius 2 is 1.68 bits per heavy atom. The van der Waals surface area contributed by atoms with Crippen molar-refractivity contribution in [3.8, 4) is 0 Å². The minimum atomic E-state index is -1.72. The summed E-state index contributed by atoms with van der Waals surface area (Å²) >= 11 is 0. The Labute approximate surface area is 127 Å². The van der Waals surface area contributed by atoms with E-state index in [0.29, 0.717) is 6.42 Å². The molecule has 122 valence electrons. The van der Waals surface area contributed by atoms with Gasteiger partial charge in [0, 0.05) is 26.6 Å². The highest BCUT2D eigenvalue weighted by Crippen LogP contribution is 2.64. The van der Waals surface area contributed by atoms with Gasteiger partial charge in [-0.3, -0.25) is 4.79 Å². The Hall–Kier alpha value is -1.87. The van der Waals surface area contributed by atoms with Gasteiger partial charge in [0.25, 0.3) is 5.91 Å². The highest BCUT2D eigenvalue weighted by atomic mass is 16.7. The minimum absolute atomic E-state index is 0.0177. The summed E-state index contributed by atoms with van der Waals surface area (Å²) in [7, 11) is 5.03. The highest BCUT2D eigenvalue weighted by molar-refractivity contribution is 5.89. The molecule has 1 saturated heterocycles. The van der Waals surface area contributed by atoms with Crippen LogP contribution in [-0.4, -0.2) is 68.4 Å². The summed E-state index contributed by atoms with van der Waals surface area (Å²) in [6.45, 7) is 0. The molecule has 2 saturated carbocycles. The molecular weight excluding hydrogens is 296 g/mol. The van der Waals surface area contributed by atoms with Crippen LogP contribution in [0.15, 0.2) is 0 Å². The number of hydrogen-bond donors (Lipinski definition) is 0. The molecule has 0 aromatic heterocycles. The van der Waals surface area contributed by atoms with Gasteiger partial charge in [0.1, 0.15) is 5.78 Å². The summed E-state index contributed by atoms with van der Waals surface area (Å²) in [6.07, 6.45) is -1.26. The number of methoxy groups -OCH3 is 4. The monoisotopic (exact) mass is 314 g/mol. The smallest absolute Gasteiger partial charge is 0.433 e. The number of hydrogen-bond acceptors (Lipinski definition) is 7. The van der Waals surface area contributed by atoms with E-state index in [9.17, 15) is 14.4 Å². The predicted molar refractivity (Wildman–Crippen MR) is 69.1 cm³/mol. The number of ketones is 1. The van der Waals surface area contributed by atoms with E-state index in [0.717, 1.165) is 10.0 Å². The van der Waals surface area contributed by atoms with Gasteiger partial charge < -0.3 is 18.9 Å². The predicted octanol–water partition coefficient (Wildman–Crippen LogP) is 0.202. The number of carbonyl (C=O) groups is 3. The van der Waals surface area contributed by atoms with E-state index in [1.165, 1.54) is 28.4 Å². The van der Waals surface area contributed by atoms with Crippen LogP contribution in [0.3, 0.4) is 0 Å². The summed E-state index contributed by atoms with van der Waals surface area (Å²) in [5.41, 5.74) is 0. The second kappa shape index (κ2) is 4.82. The second-order valence-electron chi connectivity index (χ2n) is 5.52. The molecule has 0 aromatic carbocycles. The molecule has 9 nitrogen and oxygen atoms in total. The van der Waals surface area contributed by atoms with Crippen molar-refractivity contribution in [3.63, 3.8) is 0 Å². The maximum atomic E-state index is 12.3. The van der Waals surface area contributed by atoms with E-state index in [1.807, 2.05) is 0 Å². The lowest BCUT2D eigenvalue weighted by Crippen LogP contribution is -2.71. The number of rotatable bonds is 2. The first-order chi connectivity index (χ1) is 10.5. The van der Waals surface area contributed by atoms with Gasteiger partial charge in [-0.2, -0.15) is 5.01 Å². The summed E-state index contributed by atoms with van der Waals surface area (Å²) in [4.78, 5) is 36.7. The largest absolute Gasteiger partial charge is 0.452 e. The highest BCUT2D eigenvalue weighted by Gasteiger charge is 2.78. The van der Waals surface area contributed by atoms with Gasteiger partial charge in [0.2, 0.25) is 0 Å². The quantitative estimate of drug-likeness (QED) is 0.672. The number of nitrogens with zero attached hydrogens (tertiary/aromatic N) is 2. The van der Waals surface area contributed by atoms with Crippen molar-refractivity contribution in [2.24, 2.45) is 17.8 Å². The molecule has 3 rings (SSSR count). The third-order valence-corrected chi connectivity index (χ3v) is 4.84. The van der Waals surface area contributed by atoms with Gasteiger partial charge in [0.05, 0.1) is 26.2 Å². The fourth-order valence-corrected chi connectivity index (χ4v) is 3.97. The standard InChI is InChI=1S/C13H18N2O7/c1-19-11(17)14-10-6-5-7(16)9(8(6)10)13(21-3,22-4)15(14)12(18)20-2/h6,8-10H,5H2,1-4H3/t6-,8-,9+,10-/m1/s1. The minimum Gasteiger partial charge on any atom is -0.452 e. The van der Waals surface area contributed by atoms with E-state index < -0.39 is 24.0 Å². The van der Waals surface area contributed by atoms with Gasteiger partial charge >= 0.3 is 12.2 Å². The zero-order chi connectivity index (χ0) is 16.2. The number of fused-ring (bicyclic) bond motifs is 1. The maximum absolute atomic E-state index is 12.3. The van der Waals surface area contributed by atoms with Crippen molar-refractivity contribution < 1.29 is 33.3 Å². The Morgan fingerprint density at radius 3 is 2.18 bits per heavy atom. The number of hydrazine groups is 1. The molecule has 0 bridgehead atoms. The zero-order valence-corrected chi connectivity index (χ0v) is 12.8. The maximum Gasteiger partial charge on any atom is 0.433 e. The molecule has 1 aliphatic heterocycles. The molecule has 9 heteroatoms. The SMILES string of the molecule is COC(=O)N1[C@@H]2[C@@H]3CC(=O)[C@@H]([C@@H]32)C(OC)(OC)N1C(=O)OC. The number of Topliss-reactive ketones (excluding diaryl/α,β-unsaturated/α-hetero) is 1. The van der Waals surface area contributed by atoms with Gasteiger partial charge in [0.15, 0.2) is 0 Å². The Morgan fingerprint density at radius 1 is 1.09 bits per heavy atom. The molecule has 0 spiro atoms. The molecule has 0 unspecified atom stereocenters. The molecule has 4 atom stereocenters. The third kappa shape index (κ3) is 1.57. The summed E-state index contributed by atoms with van der Waals surface area (Å²) in [6, 6.07) is -0.285. The van der Waals surface area contributed by atoms with Crippen LogP contribution in [0.2, 0.25) is 0 Å². The molecule has 3 fully saturated rings. The van der Waals surface area contributed by atoms with E-state index in [-0.39, 0.29) is 23.7 Å². The average molecular weight is 314 g/mol. The Kier molecular flexibility index (Phi) is 3.29. The molecule has 0 N–H and O–H groups in total. The first kappa shape index (κ1) is 15.0. The van der Waals surface area contributed by atoms with Crippen molar-refractivity contribution in [1.82, 2.24) is 10.0 Å². The van der Waals surface area contributed by atoms with Crippen LogP contribution in [0.5, 0.6) is 0 Å². The van der Waals surface area contributed by atoms with E-state index in [2.05, 4.69) is 0 Å². The number of ether oxygens (including phenoxy) is 4. The normalized spacial score (nSPS) is 34.3. The van der Waals surface area contributed by atoms with Crippen LogP contribution in [0, 0.1) is 17.8 Å². The van der Waals surface area contributed by atoms with Crippen LogP contribution in [0.1, 0.15) is 6.42 Å². The van der Waals surface area contributed by atoms with Gasteiger partial charge in [-0.05, 0) is 5.92 Å². The molecule has 3 aliphatic rings. The first-order valence-corrected chi connectivity index (χ1v) is 6.86. The van der Waals surface area contributed by atoms with Crippen molar-refractivity contribution in [3.05, 3.63) is 0 Å². The second-order valence-corrected chi connectivity index (χ2v) is 5.52. The van der Waals surface area contributed by atoms with Crippen LogP contribution >= 0.6 is 0 Å². The van der Waals surface area contributed by atoms with Crippen molar-refractivity contribution in [1.29, 1.82) is 0 Å². The van der Waals surface area contributed by atoms with Gasteiger partial charge in [-0.25, -0.2) is 14.6 Å². The van der Waals surface area contributed by atoms with Gasteiger partial charge in [-0.15, -0.1) is 0 Å². The lowest BCUT2D eigenvalue weighted by Gasteiger charge is -2.50. The van der Waals surface area contributed by atoms with Crippen molar-refractivity contribution in [2.75, 3.05) is 28.4 Å². The number of amides is 2. The summed E-state index contributed by atoms with van der Waals surface area (Å²) < 4.78 is 20.4. The van der Waals surface area contributed by atoms with Gasteiger partial charge in [-0.1, -0.05) is 0 Å². The molecule has 2 amide bonds. The average Bonchev–Trinajstić information content (AvgIpc) is 3.10. The number of carbonyl (C=O) groups excluding carboxylic acids is 3. The first-order valence-electron chi connectivity index (χ1n) is 6.86. The van der Waals surface area contributed by atoms with E-state index >= 15 is 0 Å². The van der Waals surface area contributed by atoms with Crippen molar-refractivity contribution in [2.45, 2.75) is 18.4 Å². The van der Waals surface area contributed by atoms with E-state index in [1.54, 1.807) is 0 Å². The van der Waals surface area contributed by atoms with Crippen LogP contribution in [0.4, 0.5) is 9.59 Å². The Balaban J connectivity index is 2.12. The Bertz CT molecular complexity index is 532. The fourth-order valence-electron chi connectivity index (χ4n) is 3.97. The molecule has 22 heavy (non-hydrogen) atoms. The molecular formula is C13H18N2O7. The van der Waals surface area contributed by atoms with Crippen molar-refractivity contribution >= 4 is 18.0 Å². The molecule has 0 aromatic rings. The molecule has 0 radical (unpaired) electrons. The van der Waals surface area contributed by atoms with Crippen LogP contribution in [0.25, 0.3) is 0 Å².